The van der Waals surface area contributed by atoms with Crippen LogP contribution in [-0.4, -0.2) is 30.0 Å². The number of likely N-dealkylation sites (N-methyl/N-ethyl adjacent to an activating group) is 1. The van der Waals surface area contributed by atoms with E-state index in [4.69, 9.17) is 4.74 Å². The summed E-state index contributed by atoms with van der Waals surface area (Å²) in [7, 11) is 1.86. The summed E-state index contributed by atoms with van der Waals surface area (Å²) >= 11 is 0. The maximum Gasteiger partial charge on any atom is 0.263 e. The fourth-order valence-electron chi connectivity index (χ4n) is 2.68. The molecule has 20 heavy (non-hydrogen) atoms. The number of carbonyl (C=O) groups excluding carboxylic acids is 1. The van der Waals surface area contributed by atoms with Crippen LogP contribution in [0.25, 0.3) is 0 Å². The molecule has 1 aliphatic rings. The van der Waals surface area contributed by atoms with E-state index in [0.29, 0.717) is 18.2 Å². The van der Waals surface area contributed by atoms with Crippen LogP contribution < -0.4 is 4.74 Å². The molecule has 1 aromatic carbocycles. The van der Waals surface area contributed by atoms with Crippen LogP contribution in [0.5, 0.6) is 5.75 Å². The zero-order chi connectivity index (χ0) is 14.5. The molecule has 0 N–H and O–H groups in total. The number of nitrogens with zero attached hydrogens (tertiary/aromatic N) is 1. The standard InChI is InChI=1S/C16H22FNO2/c1-3-15(20-14-10-8-12(17)9-11-14)16(19)18(2)13-6-4-5-7-13/h8-11,13,15H,3-7H2,1-2H3/t15-/m1/s1. The zero-order valence-electron chi connectivity index (χ0n) is 12.1. The van der Waals surface area contributed by atoms with Crippen LogP contribution in [0, 0.1) is 5.82 Å². The van der Waals surface area contributed by atoms with Gasteiger partial charge in [-0.05, 0) is 43.5 Å². The molecule has 2 rings (SSSR count). The number of amides is 1. The van der Waals surface area contributed by atoms with Crippen molar-refractivity contribution in [2.45, 2.75) is 51.2 Å². The lowest BCUT2D eigenvalue weighted by atomic mass is 10.1. The van der Waals surface area contributed by atoms with Gasteiger partial charge in [-0.3, -0.25) is 4.79 Å². The van der Waals surface area contributed by atoms with Gasteiger partial charge in [0.15, 0.2) is 6.10 Å². The maximum absolute atomic E-state index is 12.9. The fraction of sp³-hybridized carbons (Fsp3) is 0.562. The lowest BCUT2D eigenvalue weighted by molar-refractivity contribution is -0.139. The Hall–Kier alpha value is -1.58. The molecule has 1 aromatic rings. The van der Waals surface area contributed by atoms with E-state index < -0.39 is 6.10 Å². The molecule has 4 heteroatoms. The van der Waals surface area contributed by atoms with E-state index in [2.05, 4.69) is 0 Å². The van der Waals surface area contributed by atoms with Crippen molar-refractivity contribution >= 4 is 5.91 Å². The van der Waals surface area contributed by atoms with Gasteiger partial charge < -0.3 is 9.64 Å². The number of carbonyl (C=O) groups is 1. The summed E-state index contributed by atoms with van der Waals surface area (Å²) in [6, 6.07) is 6.13. The minimum atomic E-state index is -0.494. The molecule has 0 spiro atoms. The normalized spacial score (nSPS) is 16.9. The van der Waals surface area contributed by atoms with Crippen molar-refractivity contribution in [2.75, 3.05) is 7.05 Å². The topological polar surface area (TPSA) is 29.5 Å². The van der Waals surface area contributed by atoms with Crippen LogP contribution in [-0.2, 0) is 4.79 Å². The van der Waals surface area contributed by atoms with Crippen LogP contribution in [0.15, 0.2) is 24.3 Å². The van der Waals surface area contributed by atoms with Crippen LogP contribution >= 0.6 is 0 Å². The third kappa shape index (κ3) is 3.50. The second-order valence-corrected chi connectivity index (χ2v) is 5.36. The molecule has 0 unspecified atom stereocenters. The highest BCUT2D eigenvalue weighted by molar-refractivity contribution is 5.81. The molecule has 1 fully saturated rings. The highest BCUT2D eigenvalue weighted by Gasteiger charge is 2.29. The van der Waals surface area contributed by atoms with E-state index in [9.17, 15) is 9.18 Å². The Morgan fingerprint density at radius 3 is 2.50 bits per heavy atom. The first kappa shape index (κ1) is 14.8. The quantitative estimate of drug-likeness (QED) is 0.827. The van der Waals surface area contributed by atoms with Crippen molar-refractivity contribution < 1.29 is 13.9 Å². The maximum atomic E-state index is 12.9. The van der Waals surface area contributed by atoms with Crippen LogP contribution in [0.1, 0.15) is 39.0 Å². The summed E-state index contributed by atoms with van der Waals surface area (Å²) < 4.78 is 18.6. The first-order valence-electron chi connectivity index (χ1n) is 7.30. The SMILES string of the molecule is CC[C@@H](Oc1ccc(F)cc1)C(=O)N(C)C1CCCC1. The largest absolute Gasteiger partial charge is 0.481 e. The van der Waals surface area contributed by atoms with Gasteiger partial charge in [0.2, 0.25) is 0 Å². The second-order valence-electron chi connectivity index (χ2n) is 5.36. The molecule has 1 atom stereocenters. The third-order valence-electron chi connectivity index (χ3n) is 3.96. The number of halogens is 1. The first-order chi connectivity index (χ1) is 9.61. The monoisotopic (exact) mass is 279 g/mol. The number of rotatable bonds is 5. The van der Waals surface area contributed by atoms with Gasteiger partial charge in [0.25, 0.3) is 5.91 Å². The van der Waals surface area contributed by atoms with Gasteiger partial charge in [0.05, 0.1) is 0 Å². The van der Waals surface area contributed by atoms with Crippen molar-refractivity contribution in [3.8, 4) is 5.75 Å². The van der Waals surface area contributed by atoms with E-state index >= 15 is 0 Å². The van der Waals surface area contributed by atoms with Crippen molar-refractivity contribution in [3.63, 3.8) is 0 Å². The van der Waals surface area contributed by atoms with Crippen molar-refractivity contribution in [1.82, 2.24) is 4.90 Å². The van der Waals surface area contributed by atoms with Crippen molar-refractivity contribution in [3.05, 3.63) is 30.1 Å². The van der Waals surface area contributed by atoms with Gasteiger partial charge in [-0.1, -0.05) is 19.8 Å². The fourth-order valence-corrected chi connectivity index (χ4v) is 2.68. The Labute approximate surface area is 119 Å². The summed E-state index contributed by atoms with van der Waals surface area (Å²) in [5.74, 6) is 0.245. The number of ether oxygens (including phenoxy) is 1. The van der Waals surface area contributed by atoms with E-state index in [1.54, 1.807) is 12.1 Å². The molecule has 0 saturated heterocycles. The minimum absolute atomic E-state index is 0.0173. The molecule has 1 aliphatic carbocycles. The number of hydrogen-bond acceptors (Lipinski definition) is 2. The summed E-state index contributed by atoms with van der Waals surface area (Å²) in [4.78, 5) is 14.3. The molecule has 1 amide bonds. The minimum Gasteiger partial charge on any atom is -0.481 e. The molecule has 0 aromatic heterocycles. The zero-order valence-corrected chi connectivity index (χ0v) is 12.1. The molecule has 110 valence electrons. The lowest BCUT2D eigenvalue weighted by Gasteiger charge is -2.28. The van der Waals surface area contributed by atoms with Gasteiger partial charge in [-0.2, -0.15) is 0 Å². The Kier molecular flexibility index (Phi) is 4.99. The Morgan fingerprint density at radius 2 is 1.95 bits per heavy atom. The van der Waals surface area contributed by atoms with Crippen LogP contribution in [0.4, 0.5) is 4.39 Å². The Balaban J connectivity index is 1.99. The molecule has 0 aliphatic heterocycles. The van der Waals surface area contributed by atoms with Gasteiger partial charge >= 0.3 is 0 Å². The highest BCUT2D eigenvalue weighted by Crippen LogP contribution is 2.24. The summed E-state index contributed by atoms with van der Waals surface area (Å²) in [6.07, 6.45) is 4.65. The van der Waals surface area contributed by atoms with E-state index in [0.717, 1.165) is 12.8 Å². The summed E-state index contributed by atoms with van der Waals surface area (Å²) in [5, 5.41) is 0. The van der Waals surface area contributed by atoms with E-state index in [-0.39, 0.29) is 11.7 Å². The summed E-state index contributed by atoms with van der Waals surface area (Å²) in [6.45, 7) is 1.93. The van der Waals surface area contributed by atoms with E-state index in [1.165, 1.54) is 25.0 Å². The van der Waals surface area contributed by atoms with Crippen LogP contribution in [0.2, 0.25) is 0 Å². The molecule has 0 radical (unpaired) electrons. The van der Waals surface area contributed by atoms with Crippen molar-refractivity contribution in [1.29, 1.82) is 0 Å². The first-order valence-corrected chi connectivity index (χ1v) is 7.30. The van der Waals surface area contributed by atoms with Gasteiger partial charge in [-0.15, -0.1) is 0 Å². The molecular formula is C16H22FNO2. The predicted octanol–water partition coefficient (Wildman–Crippen LogP) is 3.38. The molecule has 0 bridgehead atoms. The Morgan fingerprint density at radius 1 is 1.35 bits per heavy atom. The highest BCUT2D eigenvalue weighted by atomic mass is 19.1. The lowest BCUT2D eigenvalue weighted by Crippen LogP contribution is -2.43. The molecule has 0 heterocycles. The summed E-state index contributed by atoms with van der Waals surface area (Å²) in [5.41, 5.74) is 0. The average Bonchev–Trinajstić information content (AvgIpc) is 2.99. The van der Waals surface area contributed by atoms with Gasteiger partial charge in [0.1, 0.15) is 11.6 Å². The van der Waals surface area contributed by atoms with E-state index in [1.807, 2.05) is 18.9 Å². The average molecular weight is 279 g/mol. The smallest absolute Gasteiger partial charge is 0.263 e. The van der Waals surface area contributed by atoms with Gasteiger partial charge in [0, 0.05) is 13.1 Å². The molecule has 1 saturated carbocycles. The van der Waals surface area contributed by atoms with Crippen LogP contribution in [0.3, 0.4) is 0 Å². The molecular weight excluding hydrogens is 257 g/mol. The Bertz CT molecular complexity index is 440. The second kappa shape index (κ2) is 6.73. The van der Waals surface area contributed by atoms with Gasteiger partial charge in [-0.25, -0.2) is 4.39 Å². The number of hydrogen-bond donors (Lipinski definition) is 0. The third-order valence-corrected chi connectivity index (χ3v) is 3.96. The number of benzene rings is 1. The predicted molar refractivity (Wildman–Crippen MR) is 76.1 cm³/mol. The molecule has 3 nitrogen and oxygen atoms in total. The van der Waals surface area contributed by atoms with Crippen molar-refractivity contribution in [2.24, 2.45) is 0 Å².